The van der Waals surface area contributed by atoms with Crippen LogP contribution >= 0.6 is 11.8 Å². The number of hydrogen-bond donors (Lipinski definition) is 0. The van der Waals surface area contributed by atoms with Gasteiger partial charge in [0, 0.05) is 50.4 Å². The Kier molecular flexibility index (Phi) is 6.52. The molecule has 2 aliphatic rings. The molecule has 0 saturated carbocycles. The van der Waals surface area contributed by atoms with Gasteiger partial charge in [0.25, 0.3) is 0 Å². The van der Waals surface area contributed by atoms with Crippen LogP contribution in [0.4, 0.5) is 18.9 Å². The van der Waals surface area contributed by atoms with Crippen molar-refractivity contribution in [1.29, 1.82) is 0 Å². The number of likely N-dealkylation sites (tertiary alicyclic amines) is 1. The smallest absolute Gasteiger partial charge is 0.366 e. The van der Waals surface area contributed by atoms with E-state index in [0.717, 1.165) is 54.9 Å². The van der Waals surface area contributed by atoms with E-state index in [2.05, 4.69) is 20.1 Å². The summed E-state index contributed by atoms with van der Waals surface area (Å²) >= 11 is 1.67. The fraction of sp³-hybridized carbons (Fsp3) is 0.458. The molecule has 0 unspecified atom stereocenters. The van der Waals surface area contributed by atoms with Gasteiger partial charge in [0.2, 0.25) is 0 Å². The minimum Gasteiger partial charge on any atom is -0.366 e. The molecule has 4 heterocycles. The van der Waals surface area contributed by atoms with Gasteiger partial charge in [0.1, 0.15) is 5.69 Å². The van der Waals surface area contributed by atoms with E-state index in [4.69, 9.17) is 0 Å². The van der Waals surface area contributed by atoms with Gasteiger partial charge in [-0.3, -0.25) is 4.98 Å². The SMILES string of the molecule is Cn1c(SCCCN2C[C@H]3CCN(c4ccccc4C(F)(F)F)[C@H]3C2)nnc1-c1ccccn1. The molecule has 2 fully saturated rings. The van der Waals surface area contributed by atoms with Crippen LogP contribution < -0.4 is 4.90 Å². The summed E-state index contributed by atoms with van der Waals surface area (Å²) in [6, 6.07) is 11.8. The molecule has 0 spiro atoms. The molecule has 2 aliphatic heterocycles. The van der Waals surface area contributed by atoms with Crippen LogP contribution in [-0.2, 0) is 13.2 Å². The Hall–Kier alpha value is -2.59. The molecule has 0 N–H and O–H groups in total. The second-order valence-electron chi connectivity index (χ2n) is 8.87. The molecule has 1 aromatic carbocycles. The fourth-order valence-corrected chi connectivity index (χ4v) is 5.94. The molecule has 3 aromatic rings. The van der Waals surface area contributed by atoms with Crippen molar-refractivity contribution in [2.24, 2.45) is 13.0 Å². The van der Waals surface area contributed by atoms with Gasteiger partial charge in [-0.15, -0.1) is 10.2 Å². The van der Waals surface area contributed by atoms with Gasteiger partial charge < -0.3 is 14.4 Å². The summed E-state index contributed by atoms with van der Waals surface area (Å²) in [7, 11) is 1.95. The van der Waals surface area contributed by atoms with Crippen molar-refractivity contribution >= 4 is 17.4 Å². The molecule has 0 aliphatic carbocycles. The number of anilines is 1. The van der Waals surface area contributed by atoms with Crippen molar-refractivity contribution in [3.05, 3.63) is 54.2 Å². The van der Waals surface area contributed by atoms with E-state index in [0.29, 0.717) is 18.2 Å². The van der Waals surface area contributed by atoms with Crippen molar-refractivity contribution in [2.75, 3.05) is 36.8 Å². The quantitative estimate of drug-likeness (QED) is 0.358. The number of pyridine rings is 1. The Morgan fingerprint density at radius 1 is 1.06 bits per heavy atom. The highest BCUT2D eigenvalue weighted by atomic mass is 32.2. The van der Waals surface area contributed by atoms with E-state index in [1.165, 1.54) is 12.1 Å². The third kappa shape index (κ3) is 4.65. The third-order valence-electron chi connectivity index (χ3n) is 6.72. The molecule has 0 bridgehead atoms. The van der Waals surface area contributed by atoms with Crippen molar-refractivity contribution in [2.45, 2.75) is 30.2 Å². The van der Waals surface area contributed by atoms with Gasteiger partial charge in [-0.2, -0.15) is 13.2 Å². The second-order valence-corrected chi connectivity index (χ2v) is 9.93. The zero-order chi connectivity index (χ0) is 23.7. The van der Waals surface area contributed by atoms with Gasteiger partial charge in [-0.1, -0.05) is 30.0 Å². The minimum absolute atomic E-state index is 0.149. The van der Waals surface area contributed by atoms with E-state index in [1.54, 1.807) is 30.1 Å². The maximum atomic E-state index is 13.5. The normalized spacial score (nSPS) is 20.8. The first-order valence-electron chi connectivity index (χ1n) is 11.5. The number of rotatable bonds is 7. The molecule has 2 atom stereocenters. The van der Waals surface area contributed by atoms with E-state index in [9.17, 15) is 13.2 Å². The number of hydrogen-bond acceptors (Lipinski definition) is 6. The van der Waals surface area contributed by atoms with Gasteiger partial charge >= 0.3 is 6.18 Å². The Morgan fingerprint density at radius 2 is 1.88 bits per heavy atom. The summed E-state index contributed by atoms with van der Waals surface area (Å²) in [4.78, 5) is 8.72. The van der Waals surface area contributed by atoms with E-state index in [1.807, 2.05) is 34.7 Å². The second kappa shape index (κ2) is 9.58. The average Bonchev–Trinajstić information content (AvgIpc) is 3.51. The van der Waals surface area contributed by atoms with Crippen molar-refractivity contribution in [3.8, 4) is 11.5 Å². The topological polar surface area (TPSA) is 50.1 Å². The monoisotopic (exact) mass is 488 g/mol. The minimum atomic E-state index is -4.33. The van der Waals surface area contributed by atoms with Crippen molar-refractivity contribution < 1.29 is 13.2 Å². The molecule has 0 amide bonds. The van der Waals surface area contributed by atoms with Crippen LogP contribution in [0.2, 0.25) is 0 Å². The molecule has 2 aromatic heterocycles. The Morgan fingerprint density at radius 3 is 2.68 bits per heavy atom. The number of thioether (sulfide) groups is 1. The number of para-hydroxylation sites is 1. The zero-order valence-corrected chi connectivity index (χ0v) is 19.8. The van der Waals surface area contributed by atoms with Gasteiger partial charge in [0.15, 0.2) is 11.0 Å². The molecule has 5 rings (SSSR count). The van der Waals surface area contributed by atoms with Crippen molar-refractivity contribution in [1.82, 2.24) is 24.6 Å². The molecule has 2 saturated heterocycles. The largest absolute Gasteiger partial charge is 0.418 e. The molecule has 34 heavy (non-hydrogen) atoms. The number of nitrogens with zero attached hydrogens (tertiary/aromatic N) is 6. The zero-order valence-electron chi connectivity index (χ0n) is 18.9. The molecule has 10 heteroatoms. The standard InChI is InChI=1S/C24H27F3N6S/c1-31-22(19-8-4-5-11-28-19)29-30-23(31)34-14-6-12-32-15-17-10-13-33(21(17)16-32)20-9-3-2-7-18(20)24(25,26)27/h2-5,7-9,11,17,21H,6,10,12-16H2,1H3/t17-,21+/m1/s1. The van der Waals surface area contributed by atoms with E-state index >= 15 is 0 Å². The average molecular weight is 489 g/mol. The number of alkyl halides is 3. The lowest BCUT2D eigenvalue weighted by Gasteiger charge is -2.29. The maximum absolute atomic E-state index is 13.5. The highest BCUT2D eigenvalue weighted by Crippen LogP contribution is 2.41. The number of benzene rings is 1. The number of halogens is 3. The molecule has 0 radical (unpaired) electrons. The van der Waals surface area contributed by atoms with Crippen LogP contribution in [-0.4, -0.2) is 62.6 Å². The fourth-order valence-electron chi connectivity index (χ4n) is 5.10. The lowest BCUT2D eigenvalue weighted by Crippen LogP contribution is -2.36. The summed E-state index contributed by atoms with van der Waals surface area (Å²) in [5.74, 6) is 2.07. The summed E-state index contributed by atoms with van der Waals surface area (Å²) in [5.41, 5.74) is 0.592. The third-order valence-corrected chi connectivity index (χ3v) is 7.83. The van der Waals surface area contributed by atoms with Crippen LogP contribution in [0.1, 0.15) is 18.4 Å². The van der Waals surface area contributed by atoms with Crippen molar-refractivity contribution in [3.63, 3.8) is 0 Å². The van der Waals surface area contributed by atoms with Gasteiger partial charge in [-0.25, -0.2) is 0 Å². The van der Waals surface area contributed by atoms with Crippen LogP contribution in [0.5, 0.6) is 0 Å². The Bertz CT molecular complexity index is 1120. The number of aromatic nitrogens is 4. The summed E-state index contributed by atoms with van der Waals surface area (Å²) in [6.45, 7) is 3.39. The van der Waals surface area contributed by atoms with E-state index in [-0.39, 0.29) is 6.04 Å². The predicted octanol–water partition coefficient (Wildman–Crippen LogP) is 4.59. The molecular formula is C24H27F3N6S. The first kappa shape index (κ1) is 23.2. The molecule has 6 nitrogen and oxygen atoms in total. The first-order chi connectivity index (χ1) is 16.4. The first-order valence-corrected chi connectivity index (χ1v) is 12.5. The van der Waals surface area contributed by atoms with Crippen LogP contribution in [0, 0.1) is 5.92 Å². The maximum Gasteiger partial charge on any atom is 0.418 e. The summed E-state index contributed by atoms with van der Waals surface area (Å²) in [6.07, 6.45) is -0.669. The summed E-state index contributed by atoms with van der Waals surface area (Å²) < 4.78 is 42.6. The highest BCUT2D eigenvalue weighted by Gasteiger charge is 2.44. The van der Waals surface area contributed by atoms with E-state index < -0.39 is 11.7 Å². The number of fused-ring (bicyclic) bond motifs is 1. The Labute approximate surface area is 201 Å². The highest BCUT2D eigenvalue weighted by molar-refractivity contribution is 7.99. The van der Waals surface area contributed by atoms with Crippen LogP contribution in [0.25, 0.3) is 11.5 Å². The molecular weight excluding hydrogens is 461 g/mol. The lowest BCUT2D eigenvalue weighted by atomic mass is 10.0. The molecule has 180 valence electrons. The predicted molar refractivity (Wildman–Crippen MR) is 127 cm³/mol. The van der Waals surface area contributed by atoms with Crippen LogP contribution in [0.15, 0.2) is 53.8 Å². The lowest BCUT2D eigenvalue weighted by molar-refractivity contribution is -0.137. The van der Waals surface area contributed by atoms with Gasteiger partial charge in [-0.05, 0) is 49.6 Å². The van der Waals surface area contributed by atoms with Crippen LogP contribution in [0.3, 0.4) is 0 Å². The Balaban J connectivity index is 1.15. The summed E-state index contributed by atoms with van der Waals surface area (Å²) in [5, 5.41) is 9.43. The van der Waals surface area contributed by atoms with Gasteiger partial charge in [0.05, 0.1) is 5.56 Å².